The van der Waals surface area contributed by atoms with Crippen molar-refractivity contribution >= 4 is 89.5 Å². The number of ketones is 2. The average molecular weight is 1110 g/mol. The smallest absolute Gasteiger partial charge is 0.378 e. The topological polar surface area (TPSA) is 192 Å². The van der Waals surface area contributed by atoms with Crippen LogP contribution in [0.2, 0.25) is 10.0 Å². The first-order valence-corrected chi connectivity index (χ1v) is 25.0. The number of nitrogens with zero attached hydrogens (tertiary/aromatic N) is 2. The molecule has 10 rings (SSSR count). The van der Waals surface area contributed by atoms with Gasteiger partial charge in [-0.15, -0.1) is 22.7 Å². The van der Waals surface area contributed by atoms with Crippen LogP contribution in [0.15, 0.2) is 84.9 Å². The van der Waals surface area contributed by atoms with Gasteiger partial charge in [-0.1, -0.05) is 47.5 Å². The van der Waals surface area contributed by atoms with Gasteiger partial charge in [-0.3, -0.25) is 14.4 Å². The van der Waals surface area contributed by atoms with Gasteiger partial charge in [0, 0.05) is 71.3 Å². The molecule has 4 heterocycles. The number of aliphatic carboxylic acids is 1. The van der Waals surface area contributed by atoms with Crippen molar-refractivity contribution in [2.75, 3.05) is 39.3 Å². The molecule has 0 bridgehead atoms. The van der Waals surface area contributed by atoms with Crippen LogP contribution in [0.1, 0.15) is 81.2 Å². The minimum Gasteiger partial charge on any atom is -0.487 e. The number of carbonyl (C=O) groups excluding carboxylic acids is 3. The van der Waals surface area contributed by atoms with Crippen molar-refractivity contribution in [1.82, 2.24) is 15.1 Å². The first-order valence-electron chi connectivity index (χ1n) is 22.6. The van der Waals surface area contributed by atoms with Crippen molar-refractivity contribution in [2.24, 2.45) is 5.73 Å². The summed E-state index contributed by atoms with van der Waals surface area (Å²) in [7, 11) is 0. The third-order valence-electron chi connectivity index (χ3n) is 12.0. The maximum Gasteiger partial charge on any atom is 0.378 e. The molecule has 1 radical (unpaired) electrons. The number of nitrogens with one attached hydrogen (secondary N) is 1. The molecule has 2 aliphatic carbocycles. The Morgan fingerprint density at radius 2 is 1.13 bits per heavy atom. The first-order chi connectivity index (χ1) is 33.1. The monoisotopic (exact) mass is 1110 g/mol. The Morgan fingerprint density at radius 1 is 0.671 bits per heavy atom. The zero-order valence-corrected chi connectivity index (χ0v) is 43.7. The van der Waals surface area contributed by atoms with Crippen LogP contribution in [0.5, 0.6) is 11.5 Å². The Hall–Kier alpha value is -3.98. The van der Waals surface area contributed by atoms with Crippen LogP contribution < -0.4 is 20.5 Å². The molecule has 4 fully saturated rings. The molecule has 70 heavy (non-hydrogen) atoms. The summed E-state index contributed by atoms with van der Waals surface area (Å²) < 4.78 is 41.1. The van der Waals surface area contributed by atoms with Gasteiger partial charge in [0.05, 0.1) is 34.1 Å². The van der Waals surface area contributed by atoms with Gasteiger partial charge in [0.15, 0.2) is 23.1 Å². The number of hydrogen-bond donors (Lipinski definition) is 5. The molecule has 13 nitrogen and oxygen atoms in total. The van der Waals surface area contributed by atoms with Gasteiger partial charge in [0.1, 0.15) is 6.10 Å². The second-order valence-electron chi connectivity index (χ2n) is 17.5. The number of aliphatic hydroxyl groups is 2. The van der Waals surface area contributed by atoms with E-state index in [4.69, 9.17) is 43.5 Å². The number of carboxylic acids is 1. The van der Waals surface area contributed by atoms with Crippen molar-refractivity contribution < 1.29 is 85.5 Å². The van der Waals surface area contributed by atoms with Gasteiger partial charge in [-0.2, -0.15) is 0 Å². The molecule has 0 unspecified atom stereocenters. The van der Waals surface area contributed by atoms with E-state index in [1.807, 2.05) is 0 Å². The number of carbonyl (C=O) groups is 4. The molecule has 1 amide bonds. The van der Waals surface area contributed by atoms with Crippen LogP contribution in [-0.4, -0.2) is 112 Å². The molecular weight excluding hydrogens is 1060 g/mol. The van der Waals surface area contributed by atoms with Crippen LogP contribution in [0.4, 0.5) is 8.78 Å². The SMILES string of the molecule is N[C@H](CN1CCC1)[C@H](O)c1ccc(OC2CC2)c(F)c1.O=C(N[C@H](CN1CCC1)[C@H](O)c1ccc(OC2CC2)c(F)c1)C(=O)c1cc2ccc(Cl)cc2s1.O=C(O)C(=O)c1cc2ccc(Cl)cc2s1.[Y]. The Balaban J connectivity index is 0.000000170. The fourth-order valence-electron chi connectivity index (χ4n) is 7.52. The minimum atomic E-state index is -1.44. The fraction of sp³-hybridized carbons (Fsp3) is 0.360. The summed E-state index contributed by atoms with van der Waals surface area (Å²) in [6.07, 6.45) is 4.20. The fourth-order valence-corrected chi connectivity index (χ4v) is 10.1. The Bertz CT molecular complexity index is 2860. The molecular formula is C50H50Cl2F2N4O9S2Y. The van der Waals surface area contributed by atoms with Crippen molar-refractivity contribution in [3.63, 3.8) is 0 Å². The predicted molar refractivity (Wildman–Crippen MR) is 262 cm³/mol. The summed E-state index contributed by atoms with van der Waals surface area (Å²) in [5, 5.41) is 35.3. The molecule has 2 saturated heterocycles. The number of nitrogens with two attached hydrogens (primary N) is 1. The molecule has 4 atom stereocenters. The number of ether oxygens (including phenoxy) is 2. The number of Topliss-reactive ketones (excluding diaryl/α,β-unsaturated/α-hetero) is 2. The van der Waals surface area contributed by atoms with Crippen molar-refractivity contribution in [3.8, 4) is 11.5 Å². The number of rotatable bonds is 17. The van der Waals surface area contributed by atoms with Crippen molar-refractivity contribution in [3.05, 3.63) is 127 Å². The summed E-state index contributed by atoms with van der Waals surface area (Å²) in [6.45, 7) is 4.73. The number of halogens is 4. The molecule has 6 N–H and O–H groups in total. The van der Waals surface area contributed by atoms with Gasteiger partial charge in [0.2, 0.25) is 0 Å². The van der Waals surface area contributed by atoms with E-state index < -0.39 is 59.4 Å². The van der Waals surface area contributed by atoms with Crippen LogP contribution in [0.25, 0.3) is 20.2 Å². The normalized spacial score (nSPS) is 17.2. The summed E-state index contributed by atoms with van der Waals surface area (Å²) in [5.41, 5.74) is 6.82. The number of hydrogen-bond acceptors (Lipinski definition) is 13. The molecule has 20 heteroatoms. The third kappa shape index (κ3) is 14.2. The van der Waals surface area contributed by atoms with Gasteiger partial charge < -0.3 is 45.6 Å². The number of fused-ring (bicyclic) bond motifs is 2. The Kier molecular flexibility index (Phi) is 18.6. The number of amides is 1. The molecule has 367 valence electrons. The van der Waals surface area contributed by atoms with Crippen molar-refractivity contribution in [1.29, 1.82) is 0 Å². The van der Waals surface area contributed by atoms with Crippen LogP contribution >= 0.6 is 45.9 Å². The van der Waals surface area contributed by atoms with E-state index in [-0.39, 0.29) is 61.3 Å². The second kappa shape index (κ2) is 24.2. The third-order valence-corrected chi connectivity index (χ3v) is 14.6. The molecule has 6 aromatic rings. The maximum atomic E-state index is 14.5. The summed E-state index contributed by atoms with van der Waals surface area (Å²) in [6, 6.07) is 21.4. The van der Waals surface area contributed by atoms with Gasteiger partial charge in [0.25, 0.3) is 17.5 Å². The maximum absolute atomic E-state index is 14.5. The summed E-state index contributed by atoms with van der Waals surface area (Å²) in [5.74, 6) is -4.38. The minimum absolute atomic E-state index is 0. The van der Waals surface area contributed by atoms with Gasteiger partial charge in [-0.05, 0) is 147 Å². The van der Waals surface area contributed by atoms with Crippen LogP contribution in [-0.2, 0) is 42.3 Å². The number of carboxylic acid groups (broad SMARTS) is 1. The van der Waals surface area contributed by atoms with E-state index in [9.17, 15) is 38.2 Å². The largest absolute Gasteiger partial charge is 0.487 e. The van der Waals surface area contributed by atoms with Gasteiger partial charge >= 0.3 is 5.97 Å². The summed E-state index contributed by atoms with van der Waals surface area (Å²) >= 11 is 14.1. The Morgan fingerprint density at radius 3 is 1.56 bits per heavy atom. The van der Waals surface area contributed by atoms with E-state index in [0.717, 1.165) is 89.8 Å². The molecule has 0 spiro atoms. The van der Waals surface area contributed by atoms with Crippen LogP contribution in [0, 0.1) is 11.6 Å². The average Bonchev–Trinajstić information content (AvgIpc) is 4.22. The number of aliphatic hydroxyl groups excluding tert-OH is 2. The quantitative estimate of drug-likeness (QED) is 0.0433. The number of benzene rings is 4. The molecule has 2 aliphatic heterocycles. The zero-order valence-electron chi connectivity index (χ0n) is 37.7. The second-order valence-corrected chi connectivity index (χ2v) is 20.5. The standard InChI is InChI=1S/C25H24ClFN2O4S.C15H21FN2O2.C10H5ClO3S.Y/c26-16-4-2-14-11-22(34-21(14)12-16)24(31)25(32)28-19(13-29-8-1-9-29)23(30)15-3-7-20(18(27)10-15)33-17-5-6-17;16-12-8-10(2-5-14(12)20-11-3-4-11)15(19)13(17)9-18-6-1-7-18;11-6-2-1-5-3-8(9(12)10(13)14)15-7(5)4-6;/h2-4,7,10-12,17,19,23,30H,1,5-6,8-9,13H2,(H,28,32);2,5,8,11,13,15,19H,1,3-4,6-7,9,17H2;1-4H,(H,13,14);/t19-,23-;13-,15-;;/m11../s1. The molecule has 2 saturated carbocycles. The molecule has 4 aromatic carbocycles. The molecule has 4 aliphatic rings. The zero-order chi connectivity index (χ0) is 48.9. The van der Waals surface area contributed by atoms with Crippen molar-refractivity contribution in [2.45, 2.75) is 75.0 Å². The predicted octanol–water partition coefficient (Wildman–Crippen LogP) is 8.59. The first kappa shape index (κ1) is 53.8. The number of thiophene rings is 2. The van der Waals surface area contributed by atoms with E-state index in [0.29, 0.717) is 39.1 Å². The van der Waals surface area contributed by atoms with Gasteiger partial charge in [-0.25, -0.2) is 13.6 Å². The van der Waals surface area contributed by atoms with E-state index in [2.05, 4.69) is 15.1 Å². The molecule has 2 aromatic heterocycles. The summed E-state index contributed by atoms with van der Waals surface area (Å²) in [4.78, 5) is 52.2. The van der Waals surface area contributed by atoms with E-state index >= 15 is 0 Å². The van der Waals surface area contributed by atoms with E-state index in [1.54, 1.807) is 66.7 Å². The van der Waals surface area contributed by atoms with E-state index in [1.165, 1.54) is 36.0 Å². The Labute approximate surface area is 445 Å². The number of likely N-dealkylation sites (tertiary alicyclic amines) is 2. The van der Waals surface area contributed by atoms with Crippen LogP contribution in [0.3, 0.4) is 0 Å².